The van der Waals surface area contributed by atoms with Gasteiger partial charge in [0.25, 0.3) is 0 Å². The fourth-order valence-corrected chi connectivity index (χ4v) is 4.95. The zero-order chi connectivity index (χ0) is 18.1. The van der Waals surface area contributed by atoms with E-state index in [1.165, 1.54) is 0 Å². The van der Waals surface area contributed by atoms with E-state index in [4.69, 9.17) is 15.5 Å². The van der Waals surface area contributed by atoms with Crippen LogP contribution in [0.1, 0.15) is 32.6 Å². The van der Waals surface area contributed by atoms with Gasteiger partial charge in [-0.2, -0.15) is 0 Å². The van der Waals surface area contributed by atoms with E-state index in [2.05, 4.69) is 10.2 Å². The van der Waals surface area contributed by atoms with E-state index in [9.17, 15) is 4.79 Å². The summed E-state index contributed by atoms with van der Waals surface area (Å²) in [5, 5.41) is 4.10. The highest BCUT2D eigenvalue weighted by Gasteiger charge is 2.37. The molecule has 1 aromatic heterocycles. The molecule has 2 atom stereocenters. The summed E-state index contributed by atoms with van der Waals surface area (Å²) in [5.74, 6) is -0.0933. The lowest BCUT2D eigenvalue weighted by Gasteiger charge is -2.37. The van der Waals surface area contributed by atoms with Gasteiger partial charge in [-0.05, 0) is 38.0 Å². The Morgan fingerprint density at radius 1 is 1.32 bits per heavy atom. The second kappa shape index (κ2) is 9.59. The normalized spacial score (nSPS) is 24.9. The molecule has 28 heavy (non-hydrogen) atoms. The van der Waals surface area contributed by atoms with E-state index >= 15 is 0 Å². The molecule has 3 N–H and O–H groups in total. The summed E-state index contributed by atoms with van der Waals surface area (Å²) < 4.78 is 6.50. The number of fused-ring (bicyclic) bond motifs is 1. The van der Waals surface area contributed by atoms with Crippen molar-refractivity contribution in [3.05, 3.63) is 18.2 Å². The summed E-state index contributed by atoms with van der Waals surface area (Å²) in [6, 6.07) is 5.93. The fourth-order valence-electron chi connectivity index (χ4n) is 3.90. The molecular formula is C19H28Cl2N4O2S. The molecular weight excluding hydrogens is 419 g/mol. The molecule has 0 spiro atoms. The molecule has 1 amide bonds. The van der Waals surface area contributed by atoms with Crippen molar-refractivity contribution >= 4 is 63.1 Å². The van der Waals surface area contributed by atoms with Crippen molar-refractivity contribution in [1.82, 2.24) is 4.98 Å². The first kappa shape index (κ1) is 23.2. The number of nitrogens with zero attached hydrogens (tertiary/aromatic N) is 2. The van der Waals surface area contributed by atoms with E-state index < -0.39 is 5.54 Å². The van der Waals surface area contributed by atoms with Gasteiger partial charge in [-0.3, -0.25) is 4.79 Å². The van der Waals surface area contributed by atoms with Gasteiger partial charge in [-0.1, -0.05) is 24.2 Å². The molecule has 2 aliphatic rings. The summed E-state index contributed by atoms with van der Waals surface area (Å²) in [7, 11) is 0. The third-order valence-corrected chi connectivity index (χ3v) is 6.58. The van der Waals surface area contributed by atoms with Crippen LogP contribution in [0.15, 0.2) is 18.2 Å². The lowest BCUT2D eigenvalue weighted by Crippen LogP contribution is -2.51. The standard InChI is InChI=1S/C19H26N4O2S.2ClH/c1-19(20)7-3-2-4-14(19)17(24)21-13-5-6-15-16(12-13)26-18(22-15)23-8-10-25-11-9-23;;/h5-6,12,14H,2-4,7-11,20H2,1H3,(H,21,24);2*1H. The van der Waals surface area contributed by atoms with Gasteiger partial charge in [0.15, 0.2) is 5.13 Å². The Bertz CT molecular complexity index is 808. The SMILES string of the molecule is CC1(N)CCCCC1C(=O)Nc1ccc2nc(N3CCOCC3)sc2c1.Cl.Cl. The molecule has 2 heterocycles. The number of rotatable bonds is 3. The number of benzene rings is 1. The topological polar surface area (TPSA) is 80.5 Å². The van der Waals surface area contributed by atoms with E-state index in [1.807, 2.05) is 25.1 Å². The van der Waals surface area contributed by atoms with Crippen LogP contribution in [0.4, 0.5) is 10.8 Å². The van der Waals surface area contributed by atoms with Gasteiger partial charge in [-0.25, -0.2) is 4.98 Å². The monoisotopic (exact) mass is 446 g/mol. The highest BCUT2D eigenvalue weighted by molar-refractivity contribution is 7.22. The minimum atomic E-state index is -0.416. The Labute approximate surface area is 182 Å². The Kier molecular flexibility index (Phi) is 7.93. The minimum absolute atomic E-state index is 0. The van der Waals surface area contributed by atoms with Crippen molar-refractivity contribution in [2.75, 3.05) is 36.5 Å². The average molecular weight is 447 g/mol. The van der Waals surface area contributed by atoms with Crippen LogP contribution in [0, 0.1) is 5.92 Å². The van der Waals surface area contributed by atoms with Gasteiger partial charge in [-0.15, -0.1) is 24.8 Å². The fraction of sp³-hybridized carbons (Fsp3) is 0.579. The quantitative estimate of drug-likeness (QED) is 0.748. The highest BCUT2D eigenvalue weighted by Crippen LogP contribution is 2.34. The number of morpholine rings is 1. The molecule has 1 aliphatic carbocycles. The number of anilines is 2. The number of thiazole rings is 1. The van der Waals surface area contributed by atoms with Gasteiger partial charge >= 0.3 is 0 Å². The number of hydrogen-bond acceptors (Lipinski definition) is 6. The van der Waals surface area contributed by atoms with Crippen molar-refractivity contribution in [2.45, 2.75) is 38.1 Å². The maximum Gasteiger partial charge on any atom is 0.229 e. The van der Waals surface area contributed by atoms with Crippen molar-refractivity contribution in [1.29, 1.82) is 0 Å². The van der Waals surface area contributed by atoms with Crippen molar-refractivity contribution in [3.8, 4) is 0 Å². The molecule has 1 saturated heterocycles. The zero-order valence-corrected chi connectivity index (χ0v) is 18.4. The number of hydrogen-bond donors (Lipinski definition) is 2. The molecule has 6 nitrogen and oxygen atoms in total. The maximum absolute atomic E-state index is 12.7. The molecule has 2 unspecified atom stereocenters. The lowest BCUT2D eigenvalue weighted by molar-refractivity contribution is -0.122. The van der Waals surface area contributed by atoms with Crippen LogP contribution in [0.3, 0.4) is 0 Å². The Balaban J connectivity index is 0.00000140. The van der Waals surface area contributed by atoms with E-state index in [-0.39, 0.29) is 36.6 Å². The third-order valence-electron chi connectivity index (χ3n) is 5.50. The predicted octanol–water partition coefficient (Wildman–Crippen LogP) is 3.82. The van der Waals surface area contributed by atoms with Crippen LogP contribution < -0.4 is 16.0 Å². The molecule has 0 radical (unpaired) electrons. The number of ether oxygens (including phenoxy) is 1. The van der Waals surface area contributed by atoms with E-state index in [0.29, 0.717) is 0 Å². The highest BCUT2D eigenvalue weighted by atomic mass is 35.5. The molecule has 1 saturated carbocycles. The predicted molar refractivity (Wildman–Crippen MR) is 120 cm³/mol. The first-order valence-corrected chi connectivity index (χ1v) is 10.2. The van der Waals surface area contributed by atoms with Crippen LogP contribution in [0.25, 0.3) is 10.2 Å². The second-order valence-corrected chi connectivity index (χ2v) is 8.58. The van der Waals surface area contributed by atoms with Crippen molar-refractivity contribution < 1.29 is 9.53 Å². The van der Waals surface area contributed by atoms with Crippen molar-refractivity contribution in [3.63, 3.8) is 0 Å². The number of nitrogens with two attached hydrogens (primary N) is 1. The second-order valence-electron chi connectivity index (χ2n) is 7.57. The molecule has 156 valence electrons. The van der Waals surface area contributed by atoms with Crippen LogP contribution in [0.5, 0.6) is 0 Å². The Hall–Kier alpha value is -1.12. The Morgan fingerprint density at radius 3 is 2.79 bits per heavy atom. The third kappa shape index (κ3) is 4.89. The molecule has 2 aromatic rings. The number of carbonyl (C=O) groups excluding carboxylic acids is 1. The summed E-state index contributed by atoms with van der Waals surface area (Å²) in [4.78, 5) is 19.7. The summed E-state index contributed by atoms with van der Waals surface area (Å²) in [5.41, 5.74) is 7.74. The smallest absolute Gasteiger partial charge is 0.229 e. The first-order valence-electron chi connectivity index (χ1n) is 9.36. The number of halogens is 2. The average Bonchev–Trinajstić information content (AvgIpc) is 3.05. The van der Waals surface area contributed by atoms with E-state index in [1.54, 1.807) is 11.3 Å². The van der Waals surface area contributed by atoms with Gasteiger partial charge in [0.2, 0.25) is 5.91 Å². The Morgan fingerprint density at radius 2 is 2.07 bits per heavy atom. The number of amides is 1. The molecule has 4 rings (SSSR count). The van der Waals surface area contributed by atoms with Gasteiger partial charge in [0, 0.05) is 24.3 Å². The summed E-state index contributed by atoms with van der Waals surface area (Å²) in [6.07, 6.45) is 3.94. The van der Waals surface area contributed by atoms with Crippen LogP contribution in [-0.2, 0) is 9.53 Å². The van der Waals surface area contributed by atoms with Gasteiger partial charge in [0.05, 0.1) is 29.3 Å². The van der Waals surface area contributed by atoms with E-state index in [0.717, 1.165) is 73.0 Å². The summed E-state index contributed by atoms with van der Waals surface area (Å²) >= 11 is 1.66. The minimum Gasteiger partial charge on any atom is -0.378 e. The zero-order valence-electron chi connectivity index (χ0n) is 16.0. The number of nitrogens with one attached hydrogen (secondary N) is 1. The van der Waals surface area contributed by atoms with Gasteiger partial charge in [0.1, 0.15) is 0 Å². The molecule has 2 fully saturated rings. The largest absolute Gasteiger partial charge is 0.378 e. The molecule has 1 aliphatic heterocycles. The maximum atomic E-state index is 12.7. The first-order chi connectivity index (χ1) is 12.5. The van der Waals surface area contributed by atoms with Crippen LogP contribution >= 0.6 is 36.2 Å². The molecule has 9 heteroatoms. The lowest BCUT2D eigenvalue weighted by atomic mass is 9.74. The summed E-state index contributed by atoms with van der Waals surface area (Å²) in [6.45, 7) is 5.24. The number of carbonyl (C=O) groups is 1. The van der Waals surface area contributed by atoms with Crippen LogP contribution in [-0.4, -0.2) is 42.7 Å². The van der Waals surface area contributed by atoms with Crippen LogP contribution in [0.2, 0.25) is 0 Å². The number of aromatic nitrogens is 1. The van der Waals surface area contributed by atoms with Gasteiger partial charge < -0.3 is 20.7 Å². The molecule has 0 bridgehead atoms. The molecule has 1 aromatic carbocycles. The van der Waals surface area contributed by atoms with Crippen molar-refractivity contribution in [2.24, 2.45) is 11.7 Å².